The van der Waals surface area contributed by atoms with E-state index in [0.717, 1.165) is 11.5 Å². The van der Waals surface area contributed by atoms with E-state index in [-0.39, 0.29) is 11.9 Å². The average Bonchev–Trinajstić information content (AvgIpc) is 3.28. The minimum atomic E-state index is -0.0705. The number of benzene rings is 1. The number of rotatable bonds is 5. The number of nitrogens with zero attached hydrogens (tertiary/aromatic N) is 4. The summed E-state index contributed by atoms with van der Waals surface area (Å²) in [5, 5.41) is 3.47. The molecular formula is C22H25N5O2. The Morgan fingerprint density at radius 2 is 1.83 bits per heavy atom. The van der Waals surface area contributed by atoms with Crippen LogP contribution in [0.3, 0.4) is 0 Å². The van der Waals surface area contributed by atoms with Gasteiger partial charge in [0.05, 0.1) is 6.26 Å². The second-order valence-corrected chi connectivity index (χ2v) is 7.23. The van der Waals surface area contributed by atoms with Gasteiger partial charge >= 0.3 is 0 Å². The molecule has 0 spiro atoms. The van der Waals surface area contributed by atoms with E-state index in [2.05, 4.69) is 34.3 Å². The lowest BCUT2D eigenvalue weighted by molar-refractivity contribution is 0.0714. The van der Waals surface area contributed by atoms with Crippen LogP contribution in [-0.2, 0) is 0 Å². The normalized spacial score (nSPS) is 15.2. The molecule has 4 rings (SSSR count). The van der Waals surface area contributed by atoms with Gasteiger partial charge in [0, 0.05) is 44.0 Å². The monoisotopic (exact) mass is 391 g/mol. The van der Waals surface area contributed by atoms with Crippen molar-refractivity contribution in [1.29, 1.82) is 0 Å². The maximum absolute atomic E-state index is 12.4. The predicted octanol–water partition coefficient (Wildman–Crippen LogP) is 3.51. The number of aryl methyl sites for hydroxylation is 1. The zero-order valence-corrected chi connectivity index (χ0v) is 16.7. The second-order valence-electron chi connectivity index (χ2n) is 7.23. The van der Waals surface area contributed by atoms with Crippen molar-refractivity contribution in [3.8, 4) is 0 Å². The molecule has 1 aliphatic rings. The van der Waals surface area contributed by atoms with Gasteiger partial charge in [-0.1, -0.05) is 30.3 Å². The number of piperazine rings is 1. The molecule has 0 radical (unpaired) electrons. The third-order valence-electron chi connectivity index (χ3n) is 5.09. The Morgan fingerprint density at radius 1 is 1.07 bits per heavy atom. The first kappa shape index (κ1) is 19.0. The van der Waals surface area contributed by atoms with Crippen LogP contribution < -0.4 is 10.2 Å². The van der Waals surface area contributed by atoms with Gasteiger partial charge in [-0.2, -0.15) is 4.98 Å². The molecule has 0 saturated carbocycles. The number of carbonyl (C=O) groups is 1. The van der Waals surface area contributed by atoms with Crippen molar-refractivity contribution < 1.29 is 9.21 Å². The summed E-state index contributed by atoms with van der Waals surface area (Å²) in [6.45, 7) is 6.68. The fourth-order valence-corrected chi connectivity index (χ4v) is 3.48. The summed E-state index contributed by atoms with van der Waals surface area (Å²) in [6.07, 6.45) is 1.52. The van der Waals surface area contributed by atoms with Gasteiger partial charge in [-0.05, 0) is 31.5 Å². The first-order valence-electron chi connectivity index (χ1n) is 9.85. The molecular weight excluding hydrogens is 366 g/mol. The van der Waals surface area contributed by atoms with Crippen LogP contribution in [0.1, 0.15) is 34.8 Å². The highest BCUT2D eigenvalue weighted by Gasteiger charge is 2.25. The lowest BCUT2D eigenvalue weighted by atomic mass is 10.1. The van der Waals surface area contributed by atoms with E-state index in [1.165, 1.54) is 11.8 Å². The zero-order valence-electron chi connectivity index (χ0n) is 16.7. The van der Waals surface area contributed by atoms with Gasteiger partial charge in [0.25, 0.3) is 5.91 Å². The lowest BCUT2D eigenvalue weighted by Crippen LogP contribution is -2.49. The molecule has 0 bridgehead atoms. The minimum absolute atomic E-state index is 0.0705. The van der Waals surface area contributed by atoms with Crippen molar-refractivity contribution in [2.75, 3.05) is 36.4 Å². The maximum Gasteiger partial charge on any atom is 0.289 e. The van der Waals surface area contributed by atoms with Crippen LogP contribution >= 0.6 is 0 Å². The van der Waals surface area contributed by atoms with Crippen molar-refractivity contribution >= 4 is 17.7 Å². The van der Waals surface area contributed by atoms with E-state index < -0.39 is 0 Å². The summed E-state index contributed by atoms with van der Waals surface area (Å²) in [4.78, 5) is 25.7. The molecule has 1 unspecified atom stereocenters. The molecule has 3 heterocycles. The molecule has 1 atom stereocenters. The summed E-state index contributed by atoms with van der Waals surface area (Å²) >= 11 is 0. The summed E-state index contributed by atoms with van der Waals surface area (Å²) in [6, 6.07) is 15.8. The minimum Gasteiger partial charge on any atom is -0.459 e. The van der Waals surface area contributed by atoms with E-state index in [1.807, 2.05) is 36.1 Å². The van der Waals surface area contributed by atoms with Gasteiger partial charge in [-0.3, -0.25) is 4.79 Å². The van der Waals surface area contributed by atoms with Crippen molar-refractivity contribution in [3.63, 3.8) is 0 Å². The van der Waals surface area contributed by atoms with Gasteiger partial charge < -0.3 is 19.5 Å². The number of nitrogens with one attached hydrogen (secondary N) is 1. The lowest BCUT2D eigenvalue weighted by Gasteiger charge is -2.34. The fourth-order valence-electron chi connectivity index (χ4n) is 3.48. The number of amides is 1. The number of furan rings is 1. The third kappa shape index (κ3) is 4.39. The zero-order chi connectivity index (χ0) is 20.2. The number of carbonyl (C=O) groups excluding carboxylic acids is 1. The van der Waals surface area contributed by atoms with E-state index in [4.69, 9.17) is 9.40 Å². The Hall–Kier alpha value is -3.35. The number of aromatic nitrogens is 2. The largest absolute Gasteiger partial charge is 0.459 e. The van der Waals surface area contributed by atoms with Crippen LogP contribution in [0.2, 0.25) is 0 Å². The topological polar surface area (TPSA) is 74.5 Å². The molecule has 1 N–H and O–H groups in total. The third-order valence-corrected chi connectivity index (χ3v) is 5.09. The molecule has 7 nitrogen and oxygen atoms in total. The summed E-state index contributed by atoms with van der Waals surface area (Å²) in [7, 11) is 0. The highest BCUT2D eigenvalue weighted by atomic mass is 16.3. The SMILES string of the molecule is Cc1cc(NC(C)c2ccccc2)nc(N2CCN(C(=O)c3ccco3)CC2)n1. The van der Waals surface area contributed by atoms with Crippen LogP contribution in [0.4, 0.5) is 11.8 Å². The first-order valence-corrected chi connectivity index (χ1v) is 9.85. The molecule has 1 aromatic carbocycles. The maximum atomic E-state index is 12.4. The van der Waals surface area contributed by atoms with Gasteiger partial charge in [0.2, 0.25) is 5.95 Å². The number of hydrogen-bond donors (Lipinski definition) is 1. The van der Waals surface area contributed by atoms with Crippen molar-refractivity contribution in [3.05, 3.63) is 71.8 Å². The first-order chi connectivity index (χ1) is 14.1. The fraction of sp³-hybridized carbons (Fsp3) is 0.318. The Kier molecular flexibility index (Phi) is 5.46. The van der Waals surface area contributed by atoms with Gasteiger partial charge in [-0.25, -0.2) is 4.98 Å². The van der Waals surface area contributed by atoms with Crippen LogP contribution in [0.25, 0.3) is 0 Å². The van der Waals surface area contributed by atoms with E-state index in [1.54, 1.807) is 12.1 Å². The molecule has 7 heteroatoms. The van der Waals surface area contributed by atoms with Gasteiger partial charge in [0.15, 0.2) is 5.76 Å². The Morgan fingerprint density at radius 3 is 2.52 bits per heavy atom. The van der Waals surface area contributed by atoms with Crippen LogP contribution in [0, 0.1) is 6.92 Å². The predicted molar refractivity (Wildman–Crippen MR) is 112 cm³/mol. The van der Waals surface area contributed by atoms with E-state index in [9.17, 15) is 4.79 Å². The van der Waals surface area contributed by atoms with Crippen LogP contribution in [0.5, 0.6) is 0 Å². The standard InChI is InChI=1S/C22H25N5O2/c1-16-15-20(24-17(2)18-7-4-3-5-8-18)25-22(23-16)27-12-10-26(11-13-27)21(28)19-9-6-14-29-19/h3-9,14-15,17H,10-13H2,1-2H3,(H,23,24,25). The Labute approximate surface area is 170 Å². The highest BCUT2D eigenvalue weighted by molar-refractivity contribution is 5.91. The van der Waals surface area contributed by atoms with Crippen molar-refractivity contribution in [1.82, 2.24) is 14.9 Å². The molecule has 150 valence electrons. The van der Waals surface area contributed by atoms with E-state index >= 15 is 0 Å². The van der Waals surface area contributed by atoms with Crippen LogP contribution in [0.15, 0.2) is 59.2 Å². The smallest absolute Gasteiger partial charge is 0.289 e. The molecule has 1 aliphatic heterocycles. The number of anilines is 2. The summed E-state index contributed by atoms with van der Waals surface area (Å²) in [5.41, 5.74) is 2.11. The molecule has 0 aliphatic carbocycles. The summed E-state index contributed by atoms with van der Waals surface area (Å²) < 4.78 is 5.23. The second kappa shape index (κ2) is 8.34. The molecule has 3 aromatic rings. The van der Waals surface area contributed by atoms with Gasteiger partial charge in [0.1, 0.15) is 5.82 Å². The molecule has 1 fully saturated rings. The van der Waals surface area contributed by atoms with Crippen LogP contribution in [-0.4, -0.2) is 47.0 Å². The highest BCUT2D eigenvalue weighted by Crippen LogP contribution is 2.21. The average molecular weight is 391 g/mol. The van der Waals surface area contributed by atoms with Crippen molar-refractivity contribution in [2.24, 2.45) is 0 Å². The Bertz CT molecular complexity index is 951. The molecule has 1 saturated heterocycles. The summed E-state index contributed by atoms with van der Waals surface area (Å²) in [5.74, 6) is 1.81. The van der Waals surface area contributed by atoms with Gasteiger partial charge in [-0.15, -0.1) is 0 Å². The Balaban J connectivity index is 1.42. The molecule has 29 heavy (non-hydrogen) atoms. The quantitative estimate of drug-likeness (QED) is 0.717. The van der Waals surface area contributed by atoms with Crippen molar-refractivity contribution in [2.45, 2.75) is 19.9 Å². The number of hydrogen-bond acceptors (Lipinski definition) is 6. The molecule has 1 amide bonds. The van der Waals surface area contributed by atoms with E-state index in [0.29, 0.717) is 37.9 Å². The molecule has 2 aromatic heterocycles.